The van der Waals surface area contributed by atoms with Crippen LogP contribution in [0.15, 0.2) is 82.7 Å². The first-order chi connectivity index (χ1) is 18.3. The summed E-state index contributed by atoms with van der Waals surface area (Å²) in [5.74, 6) is -0.155. The van der Waals surface area contributed by atoms with Gasteiger partial charge in [-0.3, -0.25) is 20.0 Å². The number of morpholine rings is 1. The van der Waals surface area contributed by atoms with Crippen LogP contribution in [0, 0.1) is 17.0 Å². The van der Waals surface area contributed by atoms with Gasteiger partial charge in [-0.15, -0.1) is 5.10 Å². The first kappa shape index (κ1) is 25.6. The summed E-state index contributed by atoms with van der Waals surface area (Å²) in [5, 5.41) is 19.9. The summed E-state index contributed by atoms with van der Waals surface area (Å²) in [4.78, 5) is 17.8. The van der Waals surface area contributed by atoms with Crippen molar-refractivity contribution in [1.29, 1.82) is 0 Å². The van der Waals surface area contributed by atoms with Gasteiger partial charge in [0.1, 0.15) is 17.2 Å². The Morgan fingerprint density at radius 2 is 1.74 bits per heavy atom. The number of hydrogen-bond donors (Lipinski definition) is 0. The molecule has 38 heavy (non-hydrogen) atoms. The Labute approximate surface area is 219 Å². The number of aliphatic imine (C=N–C) groups is 1. The number of non-ortho nitro benzene ring substituents is 1. The SMILES string of the molecule is Cc1ccc(S(=O)(=O)CN=C(C(c2ccc([N+](=O)[O-])cc2)N2CCOCC2)n2nnc3ccccc32)cc1. The van der Waals surface area contributed by atoms with Crippen molar-refractivity contribution in [2.75, 3.05) is 32.2 Å². The number of fused-ring (bicyclic) bond motifs is 1. The van der Waals surface area contributed by atoms with Crippen LogP contribution >= 0.6 is 0 Å². The molecule has 4 aromatic rings. The second-order valence-electron chi connectivity index (χ2n) is 8.96. The van der Waals surface area contributed by atoms with Crippen molar-refractivity contribution in [3.05, 3.63) is 94.0 Å². The lowest BCUT2D eigenvalue weighted by Gasteiger charge is -2.35. The number of nitrogens with zero attached hydrogens (tertiary/aromatic N) is 6. The average Bonchev–Trinajstić information content (AvgIpc) is 3.36. The molecule has 1 aliphatic heterocycles. The predicted molar refractivity (Wildman–Crippen MR) is 142 cm³/mol. The normalized spacial score (nSPS) is 16.0. The molecule has 1 aromatic heterocycles. The maximum absolute atomic E-state index is 13.3. The molecule has 0 N–H and O–H groups in total. The molecule has 3 aromatic carbocycles. The summed E-state index contributed by atoms with van der Waals surface area (Å²) in [5.41, 5.74) is 2.92. The zero-order chi connectivity index (χ0) is 26.7. The lowest BCUT2D eigenvalue weighted by atomic mass is 10.0. The molecular weight excluding hydrogens is 508 g/mol. The number of ether oxygens (including phenoxy) is 1. The van der Waals surface area contributed by atoms with Crippen LogP contribution in [0.25, 0.3) is 11.0 Å². The molecule has 0 saturated carbocycles. The van der Waals surface area contributed by atoms with Gasteiger partial charge in [0.05, 0.1) is 34.6 Å². The van der Waals surface area contributed by atoms with E-state index in [4.69, 9.17) is 4.74 Å². The van der Waals surface area contributed by atoms with Crippen LogP contribution in [0.3, 0.4) is 0 Å². The van der Waals surface area contributed by atoms with Crippen molar-refractivity contribution >= 4 is 32.4 Å². The molecule has 2 heterocycles. The van der Waals surface area contributed by atoms with Crippen LogP contribution in [-0.4, -0.2) is 71.3 Å². The number of sulfone groups is 1. The molecule has 1 aliphatic rings. The summed E-state index contributed by atoms with van der Waals surface area (Å²) >= 11 is 0. The molecule has 11 nitrogen and oxygen atoms in total. The van der Waals surface area contributed by atoms with Crippen molar-refractivity contribution in [3.8, 4) is 0 Å². The monoisotopic (exact) mass is 534 g/mol. The molecule has 196 valence electrons. The highest BCUT2D eigenvalue weighted by Gasteiger charge is 2.31. The Bertz CT molecular complexity index is 1580. The summed E-state index contributed by atoms with van der Waals surface area (Å²) in [6, 6.07) is 19.6. The van der Waals surface area contributed by atoms with E-state index >= 15 is 0 Å². The maximum Gasteiger partial charge on any atom is 0.269 e. The number of aromatic nitrogens is 3. The van der Waals surface area contributed by atoms with E-state index in [2.05, 4.69) is 20.2 Å². The van der Waals surface area contributed by atoms with E-state index in [-0.39, 0.29) is 10.6 Å². The van der Waals surface area contributed by atoms with Crippen LogP contribution in [-0.2, 0) is 14.6 Å². The molecule has 1 atom stereocenters. The highest BCUT2D eigenvalue weighted by molar-refractivity contribution is 7.91. The fourth-order valence-corrected chi connectivity index (χ4v) is 5.42. The summed E-state index contributed by atoms with van der Waals surface area (Å²) in [6.07, 6.45) is 0. The van der Waals surface area contributed by atoms with Gasteiger partial charge in [-0.05, 0) is 36.8 Å². The maximum atomic E-state index is 13.3. The minimum atomic E-state index is -3.76. The van der Waals surface area contributed by atoms with E-state index in [0.29, 0.717) is 48.7 Å². The van der Waals surface area contributed by atoms with Gasteiger partial charge < -0.3 is 4.74 Å². The van der Waals surface area contributed by atoms with Gasteiger partial charge >= 0.3 is 0 Å². The third kappa shape index (κ3) is 5.32. The van der Waals surface area contributed by atoms with Crippen molar-refractivity contribution in [2.45, 2.75) is 17.9 Å². The minimum absolute atomic E-state index is 0.0406. The van der Waals surface area contributed by atoms with Crippen LogP contribution in [0.4, 0.5) is 5.69 Å². The topological polar surface area (TPSA) is 133 Å². The zero-order valence-electron chi connectivity index (χ0n) is 20.7. The summed E-state index contributed by atoms with van der Waals surface area (Å²) in [7, 11) is -3.76. The lowest BCUT2D eigenvalue weighted by molar-refractivity contribution is -0.384. The average molecular weight is 535 g/mol. The van der Waals surface area contributed by atoms with E-state index < -0.39 is 26.7 Å². The Balaban J connectivity index is 1.65. The number of rotatable bonds is 7. The smallest absolute Gasteiger partial charge is 0.269 e. The third-order valence-corrected chi connectivity index (χ3v) is 7.88. The predicted octanol–water partition coefficient (Wildman–Crippen LogP) is 3.40. The van der Waals surface area contributed by atoms with Crippen LogP contribution in [0.2, 0.25) is 0 Å². The highest BCUT2D eigenvalue weighted by atomic mass is 32.2. The molecule has 0 amide bonds. The third-order valence-electron chi connectivity index (χ3n) is 6.42. The van der Waals surface area contributed by atoms with Gasteiger partial charge in [0, 0.05) is 25.2 Å². The first-order valence-electron chi connectivity index (χ1n) is 12.0. The Morgan fingerprint density at radius 1 is 1.05 bits per heavy atom. The van der Waals surface area contributed by atoms with E-state index in [1.807, 2.05) is 31.2 Å². The lowest BCUT2D eigenvalue weighted by Crippen LogP contribution is -2.44. The fraction of sp³-hybridized carbons (Fsp3) is 0.269. The number of nitro groups is 1. The number of nitro benzene ring substituents is 1. The van der Waals surface area contributed by atoms with Gasteiger partial charge in [-0.1, -0.05) is 47.2 Å². The molecule has 0 aliphatic carbocycles. The van der Waals surface area contributed by atoms with Crippen molar-refractivity contribution in [1.82, 2.24) is 19.9 Å². The molecule has 0 radical (unpaired) electrons. The Morgan fingerprint density at radius 3 is 2.42 bits per heavy atom. The molecule has 1 saturated heterocycles. The van der Waals surface area contributed by atoms with Crippen LogP contribution in [0.5, 0.6) is 0 Å². The highest BCUT2D eigenvalue weighted by Crippen LogP contribution is 2.28. The number of aryl methyl sites for hydroxylation is 1. The van der Waals surface area contributed by atoms with Gasteiger partial charge in [-0.25, -0.2) is 8.42 Å². The van der Waals surface area contributed by atoms with Gasteiger partial charge in [0.25, 0.3) is 5.69 Å². The Kier molecular flexibility index (Phi) is 7.27. The van der Waals surface area contributed by atoms with Crippen LogP contribution < -0.4 is 0 Å². The largest absolute Gasteiger partial charge is 0.379 e. The number of benzene rings is 3. The minimum Gasteiger partial charge on any atom is -0.379 e. The molecular formula is C26H26N6O5S. The molecule has 1 fully saturated rings. The van der Waals surface area contributed by atoms with Crippen LogP contribution in [0.1, 0.15) is 17.2 Å². The molecule has 12 heteroatoms. The standard InChI is InChI=1S/C26H26N6O5S/c1-19-6-12-22(13-7-19)38(35,36)18-27-26(31-24-5-3-2-4-23(24)28-29-31)25(30-14-16-37-17-15-30)20-8-10-21(11-9-20)32(33)34/h2-13,25H,14-18H2,1H3. The number of hydrogen-bond acceptors (Lipinski definition) is 9. The summed E-state index contributed by atoms with van der Waals surface area (Å²) in [6.45, 7) is 3.96. The van der Waals surface area contributed by atoms with Crippen molar-refractivity contribution in [2.24, 2.45) is 4.99 Å². The van der Waals surface area contributed by atoms with Gasteiger partial charge in [-0.2, -0.15) is 4.68 Å². The van der Waals surface area contributed by atoms with Gasteiger partial charge in [0.2, 0.25) is 0 Å². The molecule has 1 unspecified atom stereocenters. The fourth-order valence-electron chi connectivity index (χ4n) is 4.42. The molecule has 0 spiro atoms. The van der Waals surface area contributed by atoms with E-state index in [1.165, 1.54) is 12.1 Å². The summed E-state index contributed by atoms with van der Waals surface area (Å²) < 4.78 is 33.7. The first-order valence-corrected chi connectivity index (χ1v) is 13.7. The van der Waals surface area contributed by atoms with Crippen molar-refractivity contribution in [3.63, 3.8) is 0 Å². The molecule has 0 bridgehead atoms. The van der Waals surface area contributed by atoms with E-state index in [1.54, 1.807) is 41.1 Å². The zero-order valence-corrected chi connectivity index (χ0v) is 21.5. The Hall–Kier alpha value is -4.00. The molecule has 5 rings (SSSR count). The van der Waals surface area contributed by atoms with Gasteiger partial charge in [0.15, 0.2) is 9.84 Å². The second-order valence-corrected chi connectivity index (χ2v) is 10.9. The van der Waals surface area contributed by atoms with E-state index in [0.717, 1.165) is 5.56 Å². The second kappa shape index (κ2) is 10.8. The van der Waals surface area contributed by atoms with Crippen molar-refractivity contribution < 1.29 is 18.1 Å². The quantitative estimate of drug-likeness (QED) is 0.152. The van der Waals surface area contributed by atoms with E-state index in [9.17, 15) is 18.5 Å². The number of para-hydroxylation sites is 1.